The summed E-state index contributed by atoms with van der Waals surface area (Å²) in [4.78, 5) is 40.4. The Balaban J connectivity index is 1.37. The Labute approximate surface area is 180 Å². The van der Waals surface area contributed by atoms with Gasteiger partial charge in [0.1, 0.15) is 16.7 Å². The Morgan fingerprint density at radius 3 is 2.35 bits per heavy atom. The van der Waals surface area contributed by atoms with Crippen molar-refractivity contribution in [3.63, 3.8) is 0 Å². The van der Waals surface area contributed by atoms with Gasteiger partial charge in [0.25, 0.3) is 5.91 Å². The van der Waals surface area contributed by atoms with Crippen LogP contribution >= 0.6 is 10.6 Å². The van der Waals surface area contributed by atoms with E-state index in [2.05, 4.69) is 10.3 Å². The third-order valence-corrected chi connectivity index (χ3v) is 9.45. The smallest absolute Gasteiger partial charge is 0.438 e. The number of ketones is 1. The average molecular weight is 466 g/mol. The molecule has 2 aliphatic rings. The number of Topliss-reactive ketones (excluding diaryl/α,β-unsaturated/α-hetero) is 1. The average Bonchev–Trinajstić information content (AvgIpc) is 2.96. The van der Waals surface area contributed by atoms with Gasteiger partial charge < -0.3 is 4.74 Å². The summed E-state index contributed by atoms with van der Waals surface area (Å²) < 4.78 is 37.4. The van der Waals surface area contributed by atoms with E-state index < -0.39 is 37.4 Å². The van der Waals surface area contributed by atoms with E-state index >= 15 is 0 Å². The van der Waals surface area contributed by atoms with Crippen LogP contribution in [0.4, 0.5) is 4.79 Å². The van der Waals surface area contributed by atoms with E-state index in [1.54, 1.807) is 36.5 Å². The Bertz CT molecular complexity index is 1130. The molecule has 2 saturated heterocycles. The molecule has 2 fully saturated rings. The number of nitrogens with one attached hydrogen (secondary N) is 1. The van der Waals surface area contributed by atoms with Crippen LogP contribution in [0.1, 0.15) is 28.5 Å². The molecule has 12 heteroatoms. The van der Waals surface area contributed by atoms with Crippen molar-refractivity contribution in [3.05, 3.63) is 59.4 Å². The molecule has 1 aromatic carbocycles. The van der Waals surface area contributed by atoms with E-state index in [0.29, 0.717) is 17.0 Å². The molecule has 2 aromatic rings. The van der Waals surface area contributed by atoms with E-state index in [0.717, 1.165) is 12.0 Å². The van der Waals surface area contributed by atoms with Crippen molar-refractivity contribution in [1.29, 1.82) is 0 Å². The summed E-state index contributed by atoms with van der Waals surface area (Å²) in [6.45, 7) is 1.81. The summed E-state index contributed by atoms with van der Waals surface area (Å²) in [7, 11) is -7.41. The standard InChI is InChI=1S/C19H18N2O8S2/c1-2-12-5-8-15(20-10-12)16(22)11-27-14-6-3-13(4-7-14)9-17-18(23)21-19(24)30(17)28-31(25,26)29-30/h3-8,10,17H,2,9,11H2,1H3,(H,21,23,24). The number of pyridine rings is 1. The summed E-state index contributed by atoms with van der Waals surface area (Å²) >= 11 is 0. The fraction of sp³-hybridized carbons (Fsp3) is 0.263. The number of imide groups is 1. The maximum absolute atomic E-state index is 12.2. The summed E-state index contributed by atoms with van der Waals surface area (Å²) in [5, 5.41) is 0.122. The minimum Gasteiger partial charge on any atom is -0.485 e. The molecule has 164 valence electrons. The molecular formula is C19H18N2O8S2. The molecule has 10 nitrogen and oxygen atoms in total. The van der Waals surface area contributed by atoms with Crippen molar-refractivity contribution >= 4 is 37.9 Å². The van der Waals surface area contributed by atoms with Crippen molar-refractivity contribution in [1.82, 2.24) is 10.3 Å². The fourth-order valence-corrected chi connectivity index (χ4v) is 7.62. The van der Waals surface area contributed by atoms with Crippen LogP contribution < -0.4 is 10.1 Å². The van der Waals surface area contributed by atoms with Gasteiger partial charge in [-0.25, -0.2) is 4.79 Å². The van der Waals surface area contributed by atoms with Crippen LogP contribution in [0.3, 0.4) is 0 Å². The van der Waals surface area contributed by atoms with Crippen molar-refractivity contribution in [2.45, 2.75) is 25.0 Å². The van der Waals surface area contributed by atoms with E-state index in [-0.39, 0.29) is 18.8 Å². The molecule has 1 atom stereocenters. The van der Waals surface area contributed by atoms with Gasteiger partial charge in [-0.2, -0.15) is 8.42 Å². The van der Waals surface area contributed by atoms with E-state index in [1.165, 1.54) is 0 Å². The zero-order valence-corrected chi connectivity index (χ0v) is 17.9. The molecule has 1 N–H and O–H groups in total. The molecule has 3 heterocycles. The van der Waals surface area contributed by atoms with Gasteiger partial charge >= 0.3 is 15.6 Å². The van der Waals surface area contributed by atoms with Crippen molar-refractivity contribution < 1.29 is 34.8 Å². The van der Waals surface area contributed by atoms with Crippen LogP contribution in [0.2, 0.25) is 0 Å². The number of hydrogen-bond acceptors (Lipinski definition) is 9. The lowest BCUT2D eigenvalue weighted by Crippen LogP contribution is -2.38. The topological polar surface area (TPSA) is 138 Å². The first-order chi connectivity index (χ1) is 14.7. The highest BCUT2D eigenvalue weighted by Gasteiger charge is 2.62. The second-order valence-corrected chi connectivity index (χ2v) is 10.8. The number of rotatable bonds is 7. The van der Waals surface area contributed by atoms with Gasteiger partial charge in [0.15, 0.2) is 6.61 Å². The number of carbonyl (C=O) groups is 3. The molecule has 0 aliphatic carbocycles. The summed E-state index contributed by atoms with van der Waals surface area (Å²) in [6, 6.07) is 9.99. The van der Waals surface area contributed by atoms with Crippen LogP contribution in [0, 0.1) is 0 Å². The second kappa shape index (κ2) is 8.04. The van der Waals surface area contributed by atoms with Crippen LogP contribution in [0.15, 0.2) is 42.6 Å². The predicted octanol–water partition coefficient (Wildman–Crippen LogP) is 1.99. The molecular weight excluding hydrogens is 448 g/mol. The van der Waals surface area contributed by atoms with Crippen LogP contribution in [0.25, 0.3) is 0 Å². The number of carbonyl (C=O) groups excluding carboxylic acids is 3. The lowest BCUT2D eigenvalue weighted by molar-refractivity contribution is -0.119. The van der Waals surface area contributed by atoms with Gasteiger partial charge in [-0.15, -0.1) is 7.26 Å². The van der Waals surface area contributed by atoms with Gasteiger partial charge in [0.05, 0.1) is 0 Å². The Hall–Kier alpha value is -2.80. The lowest BCUT2D eigenvalue weighted by atomic mass is 10.1. The fourth-order valence-electron chi connectivity index (χ4n) is 3.09. The maximum Gasteiger partial charge on any atom is 0.438 e. The monoisotopic (exact) mass is 466 g/mol. The molecule has 1 spiro atoms. The van der Waals surface area contributed by atoms with Gasteiger partial charge in [-0.05, 0) is 35.7 Å². The van der Waals surface area contributed by atoms with Crippen molar-refractivity contribution in [2.24, 2.45) is 0 Å². The molecule has 0 radical (unpaired) electrons. The molecule has 4 rings (SSSR count). The van der Waals surface area contributed by atoms with Crippen LogP contribution in [-0.2, 0) is 35.3 Å². The first-order valence-electron chi connectivity index (χ1n) is 9.26. The zero-order chi connectivity index (χ0) is 22.2. The SMILES string of the molecule is CCc1ccc(C(=O)COc2ccc(CC3C(=O)NC(=O)S34OS(=O)(=O)O4)cc2)nc1. The Morgan fingerprint density at radius 2 is 1.77 bits per heavy atom. The second-order valence-electron chi connectivity index (χ2n) is 6.82. The minimum absolute atomic E-state index is 0.0370. The summed E-state index contributed by atoms with van der Waals surface area (Å²) in [5.74, 6) is -0.490. The molecule has 2 amide bonds. The summed E-state index contributed by atoms with van der Waals surface area (Å²) in [6.07, 6.45) is 2.52. The predicted molar refractivity (Wildman–Crippen MR) is 110 cm³/mol. The molecule has 1 unspecified atom stereocenters. The Morgan fingerprint density at radius 1 is 1.10 bits per heavy atom. The molecule has 0 bridgehead atoms. The van der Waals surface area contributed by atoms with Crippen LogP contribution in [-0.4, -0.2) is 42.2 Å². The number of nitrogens with zero attached hydrogens (tertiary/aromatic N) is 1. The summed E-state index contributed by atoms with van der Waals surface area (Å²) in [5.41, 5.74) is 1.98. The normalized spacial score (nSPS) is 21.9. The third-order valence-electron chi connectivity index (χ3n) is 4.75. The molecule has 1 aromatic heterocycles. The van der Waals surface area contributed by atoms with Gasteiger partial charge in [0.2, 0.25) is 5.78 Å². The van der Waals surface area contributed by atoms with Crippen molar-refractivity contribution in [2.75, 3.05) is 6.61 Å². The third kappa shape index (κ3) is 4.19. The first-order valence-corrected chi connectivity index (χ1v) is 12.1. The van der Waals surface area contributed by atoms with Crippen molar-refractivity contribution in [3.8, 4) is 5.75 Å². The quantitative estimate of drug-likeness (QED) is 0.607. The van der Waals surface area contributed by atoms with E-state index in [1.807, 2.05) is 13.0 Å². The first kappa shape index (κ1) is 21.4. The highest BCUT2D eigenvalue weighted by molar-refractivity contribution is 8.47. The molecule has 2 aliphatic heterocycles. The highest BCUT2D eigenvalue weighted by atomic mass is 32.4. The lowest BCUT2D eigenvalue weighted by Gasteiger charge is -2.43. The maximum atomic E-state index is 12.2. The minimum atomic E-state index is -4.24. The number of ether oxygens (including phenoxy) is 1. The number of amides is 2. The number of benzene rings is 1. The number of hydrogen-bond donors (Lipinski definition) is 1. The molecule has 0 saturated carbocycles. The Kier molecular flexibility index (Phi) is 5.56. The van der Waals surface area contributed by atoms with Gasteiger partial charge in [0, 0.05) is 12.6 Å². The highest BCUT2D eigenvalue weighted by Crippen LogP contribution is 2.68. The molecule has 31 heavy (non-hydrogen) atoms. The zero-order valence-electron chi connectivity index (χ0n) is 16.3. The van der Waals surface area contributed by atoms with E-state index in [9.17, 15) is 22.8 Å². The van der Waals surface area contributed by atoms with Crippen LogP contribution in [0.5, 0.6) is 5.75 Å². The number of aryl methyl sites for hydroxylation is 1. The largest absolute Gasteiger partial charge is 0.485 e. The number of aromatic nitrogens is 1. The van der Waals surface area contributed by atoms with Gasteiger partial charge in [-0.1, -0.05) is 35.7 Å². The van der Waals surface area contributed by atoms with Gasteiger partial charge in [-0.3, -0.25) is 19.9 Å². The van der Waals surface area contributed by atoms with E-state index in [4.69, 9.17) is 12.0 Å².